The molecule has 2 aromatic rings. The molecule has 0 saturated heterocycles. The van der Waals surface area contributed by atoms with Gasteiger partial charge in [-0.05, 0) is 6.92 Å². The van der Waals surface area contributed by atoms with Gasteiger partial charge in [0.05, 0.1) is 6.20 Å². The lowest BCUT2D eigenvalue weighted by molar-refractivity contribution is 0.389. The summed E-state index contributed by atoms with van der Waals surface area (Å²) >= 11 is 0. The van der Waals surface area contributed by atoms with Gasteiger partial charge in [0.2, 0.25) is 0 Å². The first kappa shape index (κ1) is 9.08. The van der Waals surface area contributed by atoms with Crippen LogP contribution >= 0.6 is 0 Å². The topological polar surface area (TPSA) is 55.1 Å². The second-order valence-electron chi connectivity index (χ2n) is 3.70. The van der Waals surface area contributed by atoms with Crippen molar-refractivity contribution in [3.05, 3.63) is 47.8 Å². The van der Waals surface area contributed by atoms with Gasteiger partial charge in [0, 0.05) is 5.56 Å². The standard InChI is InChI=1S/C11H11N5/c1-8-13-14-11(9-5-3-2-4-6-9)10-7-12-15-16(8)10/h2-8,13H,1H3. The molecule has 0 aliphatic carbocycles. The molecule has 1 aromatic heterocycles. The highest BCUT2D eigenvalue weighted by Gasteiger charge is 2.21. The molecule has 16 heavy (non-hydrogen) atoms. The van der Waals surface area contributed by atoms with Crippen LogP contribution in [0.5, 0.6) is 0 Å². The summed E-state index contributed by atoms with van der Waals surface area (Å²) in [5.74, 6) is 0. The van der Waals surface area contributed by atoms with Gasteiger partial charge in [0.25, 0.3) is 0 Å². The van der Waals surface area contributed by atoms with Crippen LogP contribution < -0.4 is 5.43 Å². The molecule has 1 aromatic carbocycles. The van der Waals surface area contributed by atoms with Gasteiger partial charge >= 0.3 is 0 Å². The van der Waals surface area contributed by atoms with Gasteiger partial charge in [-0.3, -0.25) is 5.43 Å². The Morgan fingerprint density at radius 1 is 1.25 bits per heavy atom. The zero-order valence-electron chi connectivity index (χ0n) is 8.83. The summed E-state index contributed by atoms with van der Waals surface area (Å²) in [4.78, 5) is 0. The quantitative estimate of drug-likeness (QED) is 0.773. The molecule has 80 valence electrons. The number of hydrazone groups is 1. The number of nitrogens with zero attached hydrogens (tertiary/aromatic N) is 4. The highest BCUT2D eigenvalue weighted by Crippen LogP contribution is 2.16. The molecule has 0 spiro atoms. The third-order valence-corrected chi connectivity index (χ3v) is 2.59. The molecule has 1 atom stereocenters. The molecular weight excluding hydrogens is 202 g/mol. The molecule has 0 saturated carbocycles. The fraction of sp³-hybridized carbons (Fsp3) is 0.182. The molecule has 3 rings (SSSR count). The van der Waals surface area contributed by atoms with Crippen molar-refractivity contribution < 1.29 is 0 Å². The largest absolute Gasteiger partial charge is 0.285 e. The zero-order valence-corrected chi connectivity index (χ0v) is 8.83. The number of nitrogens with one attached hydrogen (secondary N) is 1. The van der Waals surface area contributed by atoms with Crippen LogP contribution in [0.15, 0.2) is 41.6 Å². The molecule has 0 bridgehead atoms. The van der Waals surface area contributed by atoms with Gasteiger partial charge in [-0.1, -0.05) is 35.5 Å². The predicted octanol–water partition coefficient (Wildman–Crippen LogP) is 1.15. The van der Waals surface area contributed by atoms with E-state index in [-0.39, 0.29) is 6.17 Å². The van der Waals surface area contributed by atoms with Crippen LogP contribution in [0.2, 0.25) is 0 Å². The van der Waals surface area contributed by atoms with E-state index >= 15 is 0 Å². The van der Waals surface area contributed by atoms with E-state index in [9.17, 15) is 0 Å². The summed E-state index contributed by atoms with van der Waals surface area (Å²) in [6.45, 7) is 1.99. The molecule has 1 N–H and O–H groups in total. The van der Waals surface area contributed by atoms with Crippen molar-refractivity contribution >= 4 is 5.71 Å². The Labute approximate surface area is 92.8 Å². The number of hydrogen-bond donors (Lipinski definition) is 1. The maximum atomic E-state index is 4.36. The first-order valence-corrected chi connectivity index (χ1v) is 5.15. The van der Waals surface area contributed by atoms with Crippen LogP contribution in [0.3, 0.4) is 0 Å². The van der Waals surface area contributed by atoms with E-state index < -0.39 is 0 Å². The van der Waals surface area contributed by atoms with Gasteiger partial charge in [-0.2, -0.15) is 5.10 Å². The summed E-state index contributed by atoms with van der Waals surface area (Å²) < 4.78 is 1.83. The number of rotatable bonds is 1. The van der Waals surface area contributed by atoms with Crippen LogP contribution in [-0.2, 0) is 0 Å². The summed E-state index contributed by atoms with van der Waals surface area (Å²) in [6, 6.07) is 10.0. The predicted molar refractivity (Wildman–Crippen MR) is 59.9 cm³/mol. The maximum absolute atomic E-state index is 4.36. The summed E-state index contributed by atoms with van der Waals surface area (Å²) in [5.41, 5.74) is 5.90. The second kappa shape index (κ2) is 3.44. The minimum atomic E-state index is 0.0463. The lowest BCUT2D eigenvalue weighted by Gasteiger charge is -2.20. The van der Waals surface area contributed by atoms with Crippen LogP contribution in [0, 0.1) is 0 Å². The third-order valence-electron chi connectivity index (χ3n) is 2.59. The first-order chi connectivity index (χ1) is 7.86. The van der Waals surface area contributed by atoms with E-state index in [1.54, 1.807) is 6.20 Å². The highest BCUT2D eigenvalue weighted by molar-refractivity contribution is 6.11. The van der Waals surface area contributed by atoms with Crippen molar-refractivity contribution in [1.29, 1.82) is 0 Å². The normalized spacial score (nSPS) is 18.6. The monoisotopic (exact) mass is 213 g/mol. The van der Waals surface area contributed by atoms with Gasteiger partial charge in [-0.25, -0.2) is 4.68 Å². The minimum Gasteiger partial charge on any atom is -0.285 e. The van der Waals surface area contributed by atoms with Crippen molar-refractivity contribution in [2.45, 2.75) is 13.1 Å². The lowest BCUT2D eigenvalue weighted by Crippen LogP contribution is -2.30. The Bertz CT molecular complexity index is 528. The van der Waals surface area contributed by atoms with Crippen molar-refractivity contribution in [3.8, 4) is 0 Å². The molecule has 0 fully saturated rings. The molecule has 5 nitrogen and oxygen atoms in total. The second-order valence-corrected chi connectivity index (χ2v) is 3.70. The van der Waals surface area contributed by atoms with Crippen molar-refractivity contribution in [2.24, 2.45) is 5.10 Å². The van der Waals surface area contributed by atoms with Gasteiger partial charge in [0.1, 0.15) is 17.6 Å². The number of hydrogen-bond acceptors (Lipinski definition) is 4. The van der Waals surface area contributed by atoms with Crippen LogP contribution in [0.4, 0.5) is 0 Å². The molecule has 1 aliphatic heterocycles. The summed E-state index contributed by atoms with van der Waals surface area (Å²) in [5, 5.41) is 12.3. The number of fused-ring (bicyclic) bond motifs is 1. The van der Waals surface area contributed by atoms with E-state index in [2.05, 4.69) is 20.8 Å². The molecule has 0 amide bonds. The fourth-order valence-corrected chi connectivity index (χ4v) is 1.78. The average Bonchev–Trinajstić information content (AvgIpc) is 2.81. The first-order valence-electron chi connectivity index (χ1n) is 5.15. The zero-order chi connectivity index (χ0) is 11.0. The average molecular weight is 213 g/mol. The van der Waals surface area contributed by atoms with E-state index in [4.69, 9.17) is 0 Å². The lowest BCUT2D eigenvalue weighted by atomic mass is 10.1. The molecule has 5 heteroatoms. The minimum absolute atomic E-state index is 0.0463. The third kappa shape index (κ3) is 1.29. The molecule has 0 radical (unpaired) electrons. The number of aromatic nitrogens is 3. The molecule has 1 aliphatic rings. The van der Waals surface area contributed by atoms with Gasteiger partial charge < -0.3 is 0 Å². The van der Waals surface area contributed by atoms with Crippen molar-refractivity contribution in [2.75, 3.05) is 0 Å². The molecule has 2 heterocycles. The summed E-state index contributed by atoms with van der Waals surface area (Å²) in [6.07, 6.45) is 1.79. The SMILES string of the molecule is CC1NN=C(c2ccccc2)c2cnnn21. The van der Waals surface area contributed by atoms with Crippen LogP contribution in [0.25, 0.3) is 0 Å². The van der Waals surface area contributed by atoms with E-state index in [1.807, 2.05) is 41.9 Å². The van der Waals surface area contributed by atoms with E-state index in [0.29, 0.717) is 0 Å². The molecular formula is C11H11N5. The van der Waals surface area contributed by atoms with E-state index in [0.717, 1.165) is 17.0 Å². The van der Waals surface area contributed by atoms with Crippen molar-refractivity contribution in [1.82, 2.24) is 20.4 Å². The van der Waals surface area contributed by atoms with Gasteiger partial charge in [-0.15, -0.1) is 5.10 Å². The molecule has 1 unspecified atom stereocenters. The fourth-order valence-electron chi connectivity index (χ4n) is 1.78. The smallest absolute Gasteiger partial charge is 0.135 e. The Morgan fingerprint density at radius 3 is 2.88 bits per heavy atom. The Morgan fingerprint density at radius 2 is 2.06 bits per heavy atom. The highest BCUT2D eigenvalue weighted by atomic mass is 15.5. The van der Waals surface area contributed by atoms with Crippen LogP contribution in [0.1, 0.15) is 24.3 Å². The van der Waals surface area contributed by atoms with Gasteiger partial charge in [0.15, 0.2) is 0 Å². The number of benzene rings is 1. The summed E-state index contributed by atoms with van der Waals surface area (Å²) in [7, 11) is 0. The Hall–Kier alpha value is -2.17. The van der Waals surface area contributed by atoms with Crippen molar-refractivity contribution in [3.63, 3.8) is 0 Å². The maximum Gasteiger partial charge on any atom is 0.135 e. The van der Waals surface area contributed by atoms with Crippen LogP contribution in [-0.4, -0.2) is 20.7 Å². The Kier molecular flexibility index (Phi) is 1.96. The Balaban J connectivity index is 2.12. The van der Waals surface area contributed by atoms with E-state index in [1.165, 1.54) is 0 Å².